The van der Waals surface area contributed by atoms with Crippen molar-refractivity contribution in [2.75, 3.05) is 18.6 Å². The minimum absolute atomic E-state index is 0.323. The van der Waals surface area contributed by atoms with E-state index in [1.54, 1.807) is 24.3 Å². The van der Waals surface area contributed by atoms with E-state index in [1.807, 2.05) is 36.2 Å². The number of nitrogens with zero attached hydrogens (tertiary/aromatic N) is 2. The molecule has 0 N–H and O–H groups in total. The highest BCUT2D eigenvalue weighted by atomic mass is 16.5. The highest BCUT2D eigenvalue weighted by Gasteiger charge is 2.38. The molecule has 1 aliphatic heterocycles. The van der Waals surface area contributed by atoms with Crippen molar-refractivity contribution >= 4 is 28.5 Å². The van der Waals surface area contributed by atoms with E-state index in [0.717, 1.165) is 16.9 Å². The average Bonchev–Trinajstić information content (AvgIpc) is 3.13. The summed E-state index contributed by atoms with van der Waals surface area (Å²) in [4.78, 5) is 38.7. The first-order valence-corrected chi connectivity index (χ1v) is 9.61. The van der Waals surface area contributed by atoms with Crippen LogP contribution in [0, 0.1) is 0 Å². The number of carbonyl (C=O) groups excluding carboxylic acids is 2. The third-order valence-corrected chi connectivity index (χ3v) is 5.47. The molecule has 1 aliphatic rings. The molecule has 0 unspecified atom stereocenters. The van der Waals surface area contributed by atoms with E-state index in [-0.39, 0.29) is 17.7 Å². The number of oxazole rings is 1. The number of anilines is 1. The van der Waals surface area contributed by atoms with E-state index in [1.165, 1.54) is 10.6 Å². The molecule has 0 bridgehead atoms. The van der Waals surface area contributed by atoms with Gasteiger partial charge in [-0.05, 0) is 23.8 Å². The van der Waals surface area contributed by atoms with Crippen LogP contribution in [0.4, 0.5) is 5.69 Å². The summed E-state index contributed by atoms with van der Waals surface area (Å²) in [6, 6.07) is 14.8. The Balaban J connectivity index is 1.44. The van der Waals surface area contributed by atoms with Crippen molar-refractivity contribution < 1.29 is 18.7 Å². The highest BCUT2D eigenvalue weighted by molar-refractivity contribution is 5.94. The highest BCUT2D eigenvalue weighted by Crippen LogP contribution is 2.46. The fraction of sp³-hybridized carbons (Fsp3) is 0.261. The van der Waals surface area contributed by atoms with Crippen molar-refractivity contribution in [3.63, 3.8) is 0 Å². The molecule has 0 spiro atoms. The maximum absolute atomic E-state index is 12.5. The summed E-state index contributed by atoms with van der Waals surface area (Å²) in [6.45, 7) is 3.39. The standard InChI is InChI=1S/C23H22N2O5/c1-23(2)16-8-4-5-9-17(16)24(3)20(23)12-15(26)14-29-21(27)13-25-18-10-6-7-11-19(18)30-22(25)28/h4-12H,13-14H2,1-3H3/b20-12+. The number of ketones is 1. The number of benzene rings is 2. The molecule has 0 atom stereocenters. The number of ether oxygens (including phenoxy) is 1. The molecule has 2 heterocycles. The van der Waals surface area contributed by atoms with Gasteiger partial charge in [0.15, 0.2) is 18.0 Å². The van der Waals surface area contributed by atoms with Crippen molar-refractivity contribution in [2.45, 2.75) is 25.8 Å². The maximum Gasteiger partial charge on any atom is 0.420 e. The van der Waals surface area contributed by atoms with Gasteiger partial charge in [-0.2, -0.15) is 0 Å². The number of carbonyl (C=O) groups is 2. The Morgan fingerprint density at radius 2 is 1.80 bits per heavy atom. The van der Waals surface area contributed by atoms with Gasteiger partial charge in [0.2, 0.25) is 0 Å². The quantitative estimate of drug-likeness (QED) is 0.479. The number of aromatic nitrogens is 1. The number of esters is 1. The van der Waals surface area contributed by atoms with Gasteiger partial charge in [-0.15, -0.1) is 0 Å². The normalized spacial score (nSPS) is 16.1. The van der Waals surface area contributed by atoms with Gasteiger partial charge in [0, 0.05) is 29.9 Å². The second kappa shape index (κ2) is 7.33. The van der Waals surface area contributed by atoms with Gasteiger partial charge < -0.3 is 14.1 Å². The summed E-state index contributed by atoms with van der Waals surface area (Å²) in [5.74, 6) is -1.65. The molecule has 7 nitrogen and oxygen atoms in total. The molecular formula is C23H22N2O5. The average molecular weight is 406 g/mol. The van der Waals surface area contributed by atoms with Crippen LogP contribution in [0.5, 0.6) is 0 Å². The first-order valence-electron chi connectivity index (χ1n) is 9.61. The summed E-state index contributed by atoms with van der Waals surface area (Å²) in [6.07, 6.45) is 1.52. The molecule has 2 aromatic carbocycles. The lowest BCUT2D eigenvalue weighted by Gasteiger charge is -2.23. The molecule has 4 rings (SSSR count). The Labute approximate surface area is 173 Å². The van der Waals surface area contributed by atoms with E-state index >= 15 is 0 Å². The third kappa shape index (κ3) is 3.32. The molecule has 30 heavy (non-hydrogen) atoms. The van der Waals surface area contributed by atoms with Crippen molar-refractivity contribution in [3.8, 4) is 0 Å². The molecule has 0 amide bonds. The number of likely N-dealkylation sites (N-methyl/N-ethyl adjacent to an activating group) is 1. The van der Waals surface area contributed by atoms with E-state index < -0.39 is 18.3 Å². The Bertz CT molecular complexity index is 1230. The lowest BCUT2D eigenvalue weighted by molar-refractivity contribution is -0.147. The fourth-order valence-corrected chi connectivity index (χ4v) is 3.94. The number of fused-ring (bicyclic) bond motifs is 2. The van der Waals surface area contributed by atoms with Crippen LogP contribution in [-0.4, -0.2) is 30.0 Å². The number of hydrogen-bond acceptors (Lipinski definition) is 6. The molecule has 7 heteroatoms. The lowest BCUT2D eigenvalue weighted by Crippen LogP contribution is -2.26. The summed E-state index contributed by atoms with van der Waals surface area (Å²) in [5, 5.41) is 0. The van der Waals surface area contributed by atoms with E-state index in [0.29, 0.717) is 11.1 Å². The number of hydrogen-bond donors (Lipinski definition) is 0. The van der Waals surface area contributed by atoms with Crippen LogP contribution in [0.15, 0.2) is 69.5 Å². The van der Waals surface area contributed by atoms with Gasteiger partial charge in [-0.25, -0.2) is 4.79 Å². The molecule has 3 aromatic rings. The van der Waals surface area contributed by atoms with Gasteiger partial charge in [0.1, 0.15) is 6.54 Å². The van der Waals surface area contributed by atoms with Gasteiger partial charge in [0.25, 0.3) is 0 Å². The van der Waals surface area contributed by atoms with Crippen molar-refractivity contribution in [3.05, 3.63) is 76.4 Å². The van der Waals surface area contributed by atoms with Gasteiger partial charge in [-0.3, -0.25) is 14.2 Å². The Morgan fingerprint density at radius 1 is 1.10 bits per heavy atom. The lowest BCUT2D eigenvalue weighted by atomic mass is 9.83. The molecular weight excluding hydrogens is 384 g/mol. The number of rotatable bonds is 5. The third-order valence-electron chi connectivity index (χ3n) is 5.47. The number of allylic oxidation sites excluding steroid dienone is 1. The van der Waals surface area contributed by atoms with E-state index in [2.05, 4.69) is 13.8 Å². The van der Waals surface area contributed by atoms with Crippen LogP contribution in [0.2, 0.25) is 0 Å². The first-order chi connectivity index (χ1) is 14.3. The number of para-hydroxylation sites is 3. The topological polar surface area (TPSA) is 81.8 Å². The van der Waals surface area contributed by atoms with Crippen LogP contribution in [0.25, 0.3) is 11.1 Å². The predicted molar refractivity (Wildman–Crippen MR) is 112 cm³/mol. The fourth-order valence-electron chi connectivity index (χ4n) is 3.94. The summed E-state index contributed by atoms with van der Waals surface area (Å²) >= 11 is 0. The first kappa shape index (κ1) is 19.7. The van der Waals surface area contributed by atoms with Crippen LogP contribution >= 0.6 is 0 Å². The maximum atomic E-state index is 12.5. The van der Waals surface area contributed by atoms with Crippen LogP contribution in [-0.2, 0) is 26.3 Å². The summed E-state index contributed by atoms with van der Waals surface area (Å²) < 4.78 is 11.4. The van der Waals surface area contributed by atoms with Crippen LogP contribution in [0.1, 0.15) is 19.4 Å². The minimum Gasteiger partial charge on any atom is -0.456 e. The second-order valence-corrected chi connectivity index (χ2v) is 7.78. The van der Waals surface area contributed by atoms with E-state index in [4.69, 9.17) is 9.15 Å². The zero-order valence-electron chi connectivity index (χ0n) is 17.0. The zero-order valence-corrected chi connectivity index (χ0v) is 17.0. The van der Waals surface area contributed by atoms with E-state index in [9.17, 15) is 14.4 Å². The van der Waals surface area contributed by atoms with Crippen molar-refractivity contribution in [2.24, 2.45) is 0 Å². The summed E-state index contributed by atoms with van der Waals surface area (Å²) in [5.41, 5.74) is 3.57. The van der Waals surface area contributed by atoms with Gasteiger partial charge >= 0.3 is 11.7 Å². The zero-order chi connectivity index (χ0) is 21.5. The Morgan fingerprint density at radius 3 is 2.57 bits per heavy atom. The van der Waals surface area contributed by atoms with Crippen molar-refractivity contribution in [1.82, 2.24) is 4.57 Å². The molecule has 0 fully saturated rings. The summed E-state index contributed by atoms with van der Waals surface area (Å²) in [7, 11) is 1.91. The van der Waals surface area contributed by atoms with Crippen LogP contribution in [0.3, 0.4) is 0 Å². The molecule has 0 radical (unpaired) electrons. The second-order valence-electron chi connectivity index (χ2n) is 7.78. The van der Waals surface area contributed by atoms with Gasteiger partial charge in [-0.1, -0.05) is 44.2 Å². The minimum atomic E-state index is -0.683. The molecule has 0 saturated carbocycles. The molecule has 0 saturated heterocycles. The van der Waals surface area contributed by atoms with Gasteiger partial charge in [0.05, 0.1) is 5.52 Å². The monoisotopic (exact) mass is 406 g/mol. The molecule has 0 aliphatic carbocycles. The van der Waals surface area contributed by atoms with Crippen LogP contribution < -0.4 is 10.7 Å². The van der Waals surface area contributed by atoms with Crippen molar-refractivity contribution in [1.29, 1.82) is 0 Å². The smallest absolute Gasteiger partial charge is 0.420 e. The predicted octanol–water partition coefficient (Wildman–Crippen LogP) is 3.02. The SMILES string of the molecule is CN1/C(=C/C(=O)COC(=O)Cn2c(=O)oc3ccccc32)C(C)(C)c2ccccc21. The molecule has 1 aromatic heterocycles. The Kier molecular flexibility index (Phi) is 4.81. The largest absolute Gasteiger partial charge is 0.456 e. The molecule has 154 valence electrons. The Hall–Kier alpha value is -3.61.